The highest BCUT2D eigenvalue weighted by molar-refractivity contribution is 5.64. The number of hydrogen-bond acceptors (Lipinski definition) is 3. The molecule has 0 aliphatic heterocycles. The Morgan fingerprint density at radius 3 is 2.75 bits per heavy atom. The molecule has 0 saturated heterocycles. The molecule has 0 aliphatic carbocycles. The number of benzene rings is 1. The van der Waals surface area contributed by atoms with Gasteiger partial charge in [0.1, 0.15) is 6.07 Å². The lowest BCUT2D eigenvalue weighted by atomic mass is 10.1. The average molecular weight is 260 g/mol. The van der Waals surface area contributed by atoms with E-state index in [2.05, 4.69) is 28.3 Å². The van der Waals surface area contributed by atoms with E-state index in [1.54, 1.807) is 24.5 Å². The fourth-order valence-corrected chi connectivity index (χ4v) is 2.07. The Kier molecular flexibility index (Phi) is 3.25. The van der Waals surface area contributed by atoms with Gasteiger partial charge in [0.25, 0.3) is 0 Å². The molecule has 4 nitrogen and oxygen atoms in total. The second kappa shape index (κ2) is 5.37. The molecular weight excluding hydrogens is 248 g/mol. The van der Waals surface area contributed by atoms with Gasteiger partial charge in [-0.05, 0) is 17.7 Å². The summed E-state index contributed by atoms with van der Waals surface area (Å²) in [6, 6.07) is 15.8. The van der Waals surface area contributed by atoms with E-state index in [4.69, 9.17) is 5.26 Å². The first-order valence-corrected chi connectivity index (χ1v) is 6.28. The Hall–Kier alpha value is -2.93. The Morgan fingerprint density at radius 1 is 1.10 bits per heavy atom. The van der Waals surface area contributed by atoms with Crippen molar-refractivity contribution in [3.63, 3.8) is 0 Å². The molecule has 4 heteroatoms. The fraction of sp³-hybridized carbons (Fsp3) is 0.0625. The molecule has 20 heavy (non-hydrogen) atoms. The van der Waals surface area contributed by atoms with Crippen molar-refractivity contribution in [2.75, 3.05) is 0 Å². The normalized spacial score (nSPS) is 10.2. The highest BCUT2D eigenvalue weighted by atomic mass is 15.3. The van der Waals surface area contributed by atoms with E-state index in [1.165, 1.54) is 5.56 Å². The Labute approximate surface area is 116 Å². The smallest absolute Gasteiger partial charge is 0.101 e. The van der Waals surface area contributed by atoms with Crippen molar-refractivity contribution in [3.05, 3.63) is 72.2 Å². The minimum atomic E-state index is 0.562. The van der Waals surface area contributed by atoms with Gasteiger partial charge in [0.15, 0.2) is 0 Å². The summed E-state index contributed by atoms with van der Waals surface area (Å²) in [5, 5.41) is 13.4. The quantitative estimate of drug-likeness (QED) is 0.727. The maximum Gasteiger partial charge on any atom is 0.101 e. The summed E-state index contributed by atoms with van der Waals surface area (Å²) in [6.45, 7) is 0.704. The molecule has 96 valence electrons. The lowest BCUT2D eigenvalue weighted by Gasteiger charge is -2.01. The monoisotopic (exact) mass is 260 g/mol. The van der Waals surface area contributed by atoms with Crippen LogP contribution >= 0.6 is 0 Å². The molecular formula is C16H12N4. The van der Waals surface area contributed by atoms with Crippen molar-refractivity contribution < 1.29 is 0 Å². The molecule has 0 spiro atoms. The van der Waals surface area contributed by atoms with Crippen LogP contribution in [-0.2, 0) is 6.54 Å². The number of aromatic nitrogens is 3. The molecule has 2 aromatic heterocycles. The van der Waals surface area contributed by atoms with Gasteiger partial charge in [0.05, 0.1) is 24.0 Å². The van der Waals surface area contributed by atoms with Crippen molar-refractivity contribution in [3.8, 4) is 17.3 Å². The molecule has 0 fully saturated rings. The van der Waals surface area contributed by atoms with Crippen LogP contribution in [0.5, 0.6) is 0 Å². The van der Waals surface area contributed by atoms with Crippen LogP contribution in [0.2, 0.25) is 0 Å². The summed E-state index contributed by atoms with van der Waals surface area (Å²) in [4.78, 5) is 4.26. The summed E-state index contributed by atoms with van der Waals surface area (Å²) in [5.74, 6) is 0. The Bertz CT molecular complexity index is 753. The zero-order valence-corrected chi connectivity index (χ0v) is 10.8. The van der Waals surface area contributed by atoms with Crippen LogP contribution in [0.25, 0.3) is 11.3 Å². The molecule has 0 radical (unpaired) electrons. The molecule has 3 rings (SSSR count). The van der Waals surface area contributed by atoms with Gasteiger partial charge in [-0.2, -0.15) is 10.4 Å². The third-order valence-corrected chi connectivity index (χ3v) is 3.02. The third-order valence-electron chi connectivity index (χ3n) is 3.02. The van der Waals surface area contributed by atoms with E-state index in [0.717, 1.165) is 5.56 Å². The maximum atomic E-state index is 9.10. The highest BCUT2D eigenvalue weighted by Gasteiger charge is 2.08. The van der Waals surface area contributed by atoms with Gasteiger partial charge in [-0.1, -0.05) is 30.3 Å². The van der Waals surface area contributed by atoms with Gasteiger partial charge < -0.3 is 0 Å². The molecule has 2 heterocycles. The van der Waals surface area contributed by atoms with Crippen LogP contribution in [-0.4, -0.2) is 14.8 Å². The molecule has 1 aromatic carbocycles. The van der Waals surface area contributed by atoms with E-state index < -0.39 is 0 Å². The summed E-state index contributed by atoms with van der Waals surface area (Å²) >= 11 is 0. The number of hydrogen-bond donors (Lipinski definition) is 0. The molecule has 0 atom stereocenters. The van der Waals surface area contributed by atoms with Crippen molar-refractivity contribution in [2.45, 2.75) is 6.54 Å². The van der Waals surface area contributed by atoms with Crippen molar-refractivity contribution >= 4 is 0 Å². The number of nitriles is 1. The van der Waals surface area contributed by atoms with Crippen LogP contribution in [0.15, 0.2) is 61.1 Å². The lowest BCUT2D eigenvalue weighted by molar-refractivity contribution is 0.687. The third kappa shape index (κ3) is 2.43. The minimum absolute atomic E-state index is 0.562. The van der Waals surface area contributed by atoms with Gasteiger partial charge in [0, 0.05) is 18.0 Å². The largest absolute Gasteiger partial charge is 0.268 e. The van der Waals surface area contributed by atoms with Gasteiger partial charge in [-0.15, -0.1) is 0 Å². The Balaban J connectivity index is 1.89. The van der Waals surface area contributed by atoms with Gasteiger partial charge in [-0.25, -0.2) is 0 Å². The van der Waals surface area contributed by atoms with Crippen LogP contribution in [0, 0.1) is 11.3 Å². The SMILES string of the molecule is N#Cc1cccnc1-c1cnn(Cc2ccccc2)c1. The number of nitrogens with zero attached hydrogens (tertiary/aromatic N) is 4. The van der Waals surface area contributed by atoms with Crippen molar-refractivity contribution in [1.82, 2.24) is 14.8 Å². The molecule has 0 saturated carbocycles. The summed E-state index contributed by atoms with van der Waals surface area (Å²) in [6.07, 6.45) is 5.34. The standard InChI is InChI=1S/C16H12N4/c17-9-14-7-4-8-18-16(14)15-10-19-20(12-15)11-13-5-2-1-3-6-13/h1-8,10,12H,11H2. The van der Waals surface area contributed by atoms with Crippen molar-refractivity contribution in [2.24, 2.45) is 0 Å². The molecule has 0 aliphatic rings. The second-order valence-corrected chi connectivity index (χ2v) is 4.42. The van der Waals surface area contributed by atoms with Crippen LogP contribution < -0.4 is 0 Å². The van der Waals surface area contributed by atoms with E-state index in [9.17, 15) is 0 Å². The van der Waals surface area contributed by atoms with Crippen LogP contribution in [0.1, 0.15) is 11.1 Å². The maximum absolute atomic E-state index is 9.10. The molecule has 0 bridgehead atoms. The topological polar surface area (TPSA) is 54.5 Å². The predicted octanol–water partition coefficient (Wildman–Crippen LogP) is 2.87. The summed E-state index contributed by atoms with van der Waals surface area (Å²) in [5.41, 5.74) is 3.28. The summed E-state index contributed by atoms with van der Waals surface area (Å²) in [7, 11) is 0. The second-order valence-electron chi connectivity index (χ2n) is 4.42. The zero-order valence-electron chi connectivity index (χ0n) is 10.8. The zero-order chi connectivity index (χ0) is 13.8. The van der Waals surface area contributed by atoms with Crippen LogP contribution in [0.4, 0.5) is 0 Å². The van der Waals surface area contributed by atoms with Crippen LogP contribution in [0.3, 0.4) is 0 Å². The first-order valence-electron chi connectivity index (χ1n) is 6.28. The first-order chi connectivity index (χ1) is 9.86. The first kappa shape index (κ1) is 12.1. The van der Waals surface area contributed by atoms with E-state index in [-0.39, 0.29) is 0 Å². The number of rotatable bonds is 3. The van der Waals surface area contributed by atoms with Gasteiger partial charge in [-0.3, -0.25) is 9.67 Å². The fourth-order valence-electron chi connectivity index (χ4n) is 2.07. The molecule has 0 amide bonds. The van der Waals surface area contributed by atoms with Gasteiger partial charge in [0.2, 0.25) is 0 Å². The van der Waals surface area contributed by atoms with E-state index in [1.807, 2.05) is 29.1 Å². The van der Waals surface area contributed by atoms with Gasteiger partial charge >= 0.3 is 0 Å². The predicted molar refractivity (Wildman–Crippen MR) is 75.7 cm³/mol. The van der Waals surface area contributed by atoms with E-state index in [0.29, 0.717) is 17.8 Å². The Morgan fingerprint density at radius 2 is 1.95 bits per heavy atom. The molecule has 0 N–H and O–H groups in total. The molecule has 0 unspecified atom stereocenters. The van der Waals surface area contributed by atoms with E-state index >= 15 is 0 Å². The number of pyridine rings is 1. The lowest BCUT2D eigenvalue weighted by Crippen LogP contribution is -1.99. The molecule has 3 aromatic rings. The van der Waals surface area contributed by atoms with Crippen molar-refractivity contribution in [1.29, 1.82) is 5.26 Å². The highest BCUT2D eigenvalue weighted by Crippen LogP contribution is 2.20. The minimum Gasteiger partial charge on any atom is -0.268 e. The summed E-state index contributed by atoms with van der Waals surface area (Å²) < 4.78 is 1.85. The average Bonchev–Trinajstić information content (AvgIpc) is 2.96.